The first-order valence-electron chi connectivity index (χ1n) is 9.24. The Morgan fingerprint density at radius 2 is 2.11 bits per heavy atom. The molecular formula is C20H28FN3O3. The van der Waals surface area contributed by atoms with Gasteiger partial charge in [-0.05, 0) is 56.8 Å². The van der Waals surface area contributed by atoms with Gasteiger partial charge in [-0.3, -0.25) is 15.0 Å². The summed E-state index contributed by atoms with van der Waals surface area (Å²) in [6, 6.07) is 4.18. The number of methoxy groups -OCH3 is 1. The fourth-order valence-electron chi connectivity index (χ4n) is 3.10. The van der Waals surface area contributed by atoms with Gasteiger partial charge in [0.1, 0.15) is 0 Å². The lowest BCUT2D eigenvalue weighted by molar-refractivity contribution is -0.120. The van der Waals surface area contributed by atoms with Crippen molar-refractivity contribution >= 4 is 11.9 Å². The fraction of sp³-hybridized carbons (Fsp3) is 0.500. The molecule has 1 aliphatic rings. The monoisotopic (exact) mass is 377 g/mol. The summed E-state index contributed by atoms with van der Waals surface area (Å²) in [6.45, 7) is 0.933. The molecule has 148 valence electrons. The van der Waals surface area contributed by atoms with E-state index in [1.165, 1.54) is 31.6 Å². The van der Waals surface area contributed by atoms with Crippen molar-refractivity contribution in [3.63, 3.8) is 0 Å². The summed E-state index contributed by atoms with van der Waals surface area (Å²) in [6.07, 6.45) is 7.72. The average molecular weight is 377 g/mol. The number of carbonyl (C=O) groups is 2. The zero-order valence-corrected chi connectivity index (χ0v) is 16.0. The number of nitrogens with zero attached hydrogens (tertiary/aromatic N) is 1. The molecule has 0 saturated carbocycles. The number of rotatable bonds is 8. The number of allylic oxidation sites excluding steroid dienone is 1. The Morgan fingerprint density at radius 1 is 1.30 bits per heavy atom. The molecule has 0 atom stereocenters. The molecule has 2 N–H and O–H groups in total. The summed E-state index contributed by atoms with van der Waals surface area (Å²) in [7, 11) is 3.14. The molecule has 0 saturated heterocycles. The van der Waals surface area contributed by atoms with Crippen LogP contribution in [0.4, 0.5) is 9.18 Å². The van der Waals surface area contributed by atoms with E-state index in [0.717, 1.165) is 19.3 Å². The van der Waals surface area contributed by atoms with Crippen molar-refractivity contribution in [3.8, 4) is 5.75 Å². The van der Waals surface area contributed by atoms with E-state index in [0.29, 0.717) is 18.7 Å². The van der Waals surface area contributed by atoms with E-state index in [4.69, 9.17) is 4.74 Å². The molecule has 2 rings (SSSR count). The number of imide groups is 1. The second kappa shape index (κ2) is 10.7. The Balaban J connectivity index is 1.68. The summed E-state index contributed by atoms with van der Waals surface area (Å²) in [4.78, 5) is 25.5. The third-order valence-corrected chi connectivity index (χ3v) is 4.45. The van der Waals surface area contributed by atoms with Gasteiger partial charge in [-0.2, -0.15) is 0 Å². The van der Waals surface area contributed by atoms with Crippen molar-refractivity contribution in [1.82, 2.24) is 15.5 Å². The Morgan fingerprint density at radius 3 is 2.78 bits per heavy atom. The first-order valence-corrected chi connectivity index (χ1v) is 9.24. The lowest BCUT2D eigenvalue weighted by Gasteiger charge is -2.17. The Kier molecular flexibility index (Phi) is 8.26. The van der Waals surface area contributed by atoms with E-state index in [-0.39, 0.29) is 12.3 Å². The van der Waals surface area contributed by atoms with Crippen LogP contribution in [0, 0.1) is 5.82 Å². The van der Waals surface area contributed by atoms with Crippen LogP contribution in [0.3, 0.4) is 0 Å². The van der Waals surface area contributed by atoms with Crippen LogP contribution in [-0.4, -0.2) is 44.1 Å². The van der Waals surface area contributed by atoms with Crippen LogP contribution in [0.2, 0.25) is 0 Å². The van der Waals surface area contributed by atoms with Crippen LogP contribution in [0.25, 0.3) is 0 Å². The largest absolute Gasteiger partial charge is 0.494 e. The molecule has 0 aromatic heterocycles. The Labute approximate surface area is 159 Å². The van der Waals surface area contributed by atoms with Crippen LogP contribution >= 0.6 is 0 Å². The number of hydrogen-bond donors (Lipinski definition) is 2. The van der Waals surface area contributed by atoms with E-state index in [9.17, 15) is 14.0 Å². The fourth-order valence-corrected chi connectivity index (χ4v) is 3.10. The second-order valence-electron chi connectivity index (χ2n) is 6.80. The Bertz CT molecular complexity index is 691. The highest BCUT2D eigenvalue weighted by atomic mass is 19.1. The first kappa shape index (κ1) is 20.9. The highest BCUT2D eigenvalue weighted by Gasteiger charge is 2.12. The average Bonchev–Trinajstić information content (AvgIpc) is 2.62. The first-order chi connectivity index (χ1) is 13.0. The van der Waals surface area contributed by atoms with Crippen LogP contribution in [-0.2, 0) is 11.3 Å². The number of amides is 3. The number of halogens is 1. The molecule has 0 unspecified atom stereocenters. The number of hydrogen-bond acceptors (Lipinski definition) is 4. The van der Waals surface area contributed by atoms with E-state index in [1.807, 2.05) is 0 Å². The molecule has 0 bridgehead atoms. The lowest BCUT2D eigenvalue weighted by Crippen LogP contribution is -2.44. The third kappa shape index (κ3) is 7.38. The molecule has 1 aromatic rings. The highest BCUT2D eigenvalue weighted by molar-refractivity contribution is 5.95. The standard InChI is InChI=1S/C20H28FN3O3/c1-24(13-16-8-9-18(27-2)17(21)12-16)14-19(25)23-20(26)22-11-10-15-6-4-3-5-7-15/h6,8-9,12H,3-5,7,10-11,13-14H2,1-2H3,(H2,22,23,25,26). The topological polar surface area (TPSA) is 70.7 Å². The molecule has 7 heteroatoms. The van der Waals surface area contributed by atoms with Gasteiger partial charge in [0.05, 0.1) is 13.7 Å². The molecule has 0 radical (unpaired) electrons. The van der Waals surface area contributed by atoms with Crippen LogP contribution in [0.15, 0.2) is 29.8 Å². The molecule has 0 fully saturated rings. The molecule has 27 heavy (non-hydrogen) atoms. The third-order valence-electron chi connectivity index (χ3n) is 4.45. The summed E-state index contributed by atoms with van der Waals surface area (Å²) < 4.78 is 18.6. The van der Waals surface area contributed by atoms with Crippen LogP contribution < -0.4 is 15.4 Å². The smallest absolute Gasteiger partial charge is 0.321 e. The van der Waals surface area contributed by atoms with E-state index in [1.54, 1.807) is 24.1 Å². The zero-order valence-electron chi connectivity index (χ0n) is 16.0. The Hall–Kier alpha value is -2.41. The number of ether oxygens (including phenoxy) is 1. The van der Waals surface area contributed by atoms with Crippen LogP contribution in [0.1, 0.15) is 37.7 Å². The number of likely N-dealkylation sites (N-methyl/N-ethyl adjacent to an activating group) is 1. The molecular weight excluding hydrogens is 349 g/mol. The van der Waals surface area contributed by atoms with E-state index >= 15 is 0 Å². The number of carbonyl (C=O) groups excluding carboxylic acids is 2. The minimum Gasteiger partial charge on any atom is -0.494 e. The normalized spacial score (nSPS) is 13.9. The maximum atomic E-state index is 13.7. The van der Waals surface area contributed by atoms with Crippen molar-refractivity contribution < 1.29 is 18.7 Å². The summed E-state index contributed by atoms with van der Waals surface area (Å²) in [5.74, 6) is -0.666. The van der Waals surface area contributed by atoms with Gasteiger partial charge < -0.3 is 10.1 Å². The second-order valence-corrected chi connectivity index (χ2v) is 6.80. The van der Waals surface area contributed by atoms with Crippen molar-refractivity contribution in [1.29, 1.82) is 0 Å². The van der Waals surface area contributed by atoms with Crippen molar-refractivity contribution in [2.24, 2.45) is 0 Å². The van der Waals surface area contributed by atoms with Crippen molar-refractivity contribution in [2.45, 2.75) is 38.6 Å². The molecule has 6 nitrogen and oxygen atoms in total. The van der Waals surface area contributed by atoms with Gasteiger partial charge in [-0.1, -0.05) is 17.7 Å². The van der Waals surface area contributed by atoms with E-state index < -0.39 is 17.8 Å². The number of benzene rings is 1. The van der Waals surface area contributed by atoms with Gasteiger partial charge in [-0.25, -0.2) is 9.18 Å². The van der Waals surface area contributed by atoms with Gasteiger partial charge in [-0.15, -0.1) is 0 Å². The van der Waals surface area contributed by atoms with Gasteiger partial charge in [0.2, 0.25) is 5.91 Å². The number of nitrogens with one attached hydrogen (secondary N) is 2. The predicted octanol–water partition coefficient (Wildman–Crippen LogP) is 2.98. The minimum atomic E-state index is -0.486. The summed E-state index contributed by atoms with van der Waals surface area (Å²) >= 11 is 0. The van der Waals surface area contributed by atoms with Gasteiger partial charge in [0.15, 0.2) is 11.6 Å². The quantitative estimate of drug-likeness (QED) is 0.684. The summed E-state index contributed by atoms with van der Waals surface area (Å²) in [5, 5.41) is 5.03. The van der Waals surface area contributed by atoms with Gasteiger partial charge in [0, 0.05) is 13.1 Å². The highest BCUT2D eigenvalue weighted by Crippen LogP contribution is 2.19. The maximum absolute atomic E-state index is 13.7. The predicted molar refractivity (Wildman–Crippen MR) is 102 cm³/mol. The molecule has 0 heterocycles. The lowest BCUT2D eigenvalue weighted by atomic mass is 9.97. The molecule has 1 aliphatic carbocycles. The molecule has 0 aliphatic heterocycles. The molecule has 0 spiro atoms. The SMILES string of the molecule is COc1ccc(CN(C)CC(=O)NC(=O)NCCC2=CCCCC2)cc1F. The van der Waals surface area contributed by atoms with Crippen molar-refractivity contribution in [2.75, 3.05) is 27.2 Å². The zero-order chi connectivity index (χ0) is 19.6. The molecule has 1 aromatic carbocycles. The van der Waals surface area contributed by atoms with Gasteiger partial charge in [0.25, 0.3) is 0 Å². The van der Waals surface area contributed by atoms with Gasteiger partial charge >= 0.3 is 6.03 Å². The number of urea groups is 1. The van der Waals surface area contributed by atoms with Crippen LogP contribution in [0.5, 0.6) is 5.75 Å². The minimum absolute atomic E-state index is 0.0339. The van der Waals surface area contributed by atoms with E-state index in [2.05, 4.69) is 16.7 Å². The van der Waals surface area contributed by atoms with Crippen molar-refractivity contribution in [3.05, 3.63) is 41.2 Å². The molecule has 3 amide bonds. The summed E-state index contributed by atoms with van der Waals surface area (Å²) in [5.41, 5.74) is 2.09. The maximum Gasteiger partial charge on any atom is 0.321 e.